The average Bonchev–Trinajstić information content (AvgIpc) is 3.77. The summed E-state index contributed by atoms with van der Waals surface area (Å²) in [6.45, 7) is 0. The zero-order chi connectivity index (χ0) is 45.3. The lowest BCUT2D eigenvalue weighted by molar-refractivity contribution is 0.953. The van der Waals surface area contributed by atoms with E-state index in [1.807, 2.05) is 84.9 Å². The Bertz CT molecular complexity index is 3510. The molecule has 0 fully saturated rings. The molecule has 7 nitrogen and oxygen atoms in total. The standard InChI is InChI=1S/C60H41N7Si/c1-6-21-42(22-7-1)55-61-56(43-23-8-2-9-24-43)63-57(62-55)44-37-39-45(40-38-44)58-64-59(66-60(65-58)67-53-35-18-16-33-51(53)52-34-17-19-36-54(52)67)46-25-20-32-50(41-46)68(47-26-10-3-11-27-47,48-28-12-4-13-29-48)49-30-14-5-15-31-49/h1-41H. The van der Waals surface area contributed by atoms with Gasteiger partial charge in [-0.2, -0.15) is 9.97 Å². The number of aromatic nitrogens is 7. The Kier molecular flexibility index (Phi) is 10.4. The second-order valence-corrected chi connectivity index (χ2v) is 20.5. The van der Waals surface area contributed by atoms with E-state index in [0.717, 1.165) is 49.6 Å². The molecule has 0 bridgehead atoms. The van der Waals surface area contributed by atoms with E-state index in [-0.39, 0.29) is 0 Å². The highest BCUT2D eigenvalue weighted by molar-refractivity contribution is 7.19. The first-order valence-electron chi connectivity index (χ1n) is 22.7. The van der Waals surface area contributed by atoms with Crippen LogP contribution in [0.4, 0.5) is 0 Å². The number of hydrogen-bond donors (Lipinski definition) is 0. The highest BCUT2D eigenvalue weighted by Gasteiger charge is 2.41. The Labute approximate surface area is 394 Å². The van der Waals surface area contributed by atoms with Crippen molar-refractivity contribution in [3.05, 3.63) is 249 Å². The van der Waals surface area contributed by atoms with E-state index in [4.69, 9.17) is 29.9 Å². The number of para-hydroxylation sites is 2. The van der Waals surface area contributed by atoms with Crippen molar-refractivity contribution in [3.63, 3.8) is 0 Å². The molecule has 3 aromatic heterocycles. The minimum atomic E-state index is -2.86. The lowest BCUT2D eigenvalue weighted by atomic mass is 10.1. The van der Waals surface area contributed by atoms with Gasteiger partial charge >= 0.3 is 0 Å². The van der Waals surface area contributed by atoms with Crippen LogP contribution in [0.25, 0.3) is 84.7 Å². The van der Waals surface area contributed by atoms with E-state index in [9.17, 15) is 0 Å². The van der Waals surface area contributed by atoms with E-state index >= 15 is 0 Å². The van der Waals surface area contributed by atoms with Crippen LogP contribution in [0.15, 0.2) is 249 Å². The fourth-order valence-electron chi connectivity index (χ4n) is 9.52. The highest BCUT2D eigenvalue weighted by Crippen LogP contribution is 2.33. The van der Waals surface area contributed by atoms with Crippen molar-refractivity contribution >= 4 is 50.6 Å². The summed E-state index contributed by atoms with van der Waals surface area (Å²) in [7, 11) is -2.86. The maximum absolute atomic E-state index is 5.38. The van der Waals surface area contributed by atoms with E-state index in [1.165, 1.54) is 20.7 Å². The molecule has 3 heterocycles. The summed E-state index contributed by atoms with van der Waals surface area (Å²) >= 11 is 0. The summed E-state index contributed by atoms with van der Waals surface area (Å²) < 4.78 is 2.16. The normalized spacial score (nSPS) is 11.5. The molecule has 12 aromatic rings. The van der Waals surface area contributed by atoms with Gasteiger partial charge < -0.3 is 0 Å². The van der Waals surface area contributed by atoms with Crippen LogP contribution in [0.5, 0.6) is 0 Å². The van der Waals surface area contributed by atoms with Crippen molar-refractivity contribution in [2.24, 2.45) is 0 Å². The fraction of sp³-hybridized carbons (Fsp3) is 0. The lowest BCUT2D eigenvalue weighted by Gasteiger charge is -2.34. The molecule has 0 aliphatic heterocycles. The van der Waals surface area contributed by atoms with Crippen LogP contribution >= 0.6 is 0 Å². The molecule has 320 valence electrons. The van der Waals surface area contributed by atoms with Gasteiger partial charge in [0.2, 0.25) is 5.95 Å². The van der Waals surface area contributed by atoms with Crippen molar-refractivity contribution in [1.29, 1.82) is 0 Å². The van der Waals surface area contributed by atoms with Gasteiger partial charge in [0.05, 0.1) is 11.0 Å². The number of rotatable bonds is 10. The maximum atomic E-state index is 5.38. The number of hydrogen-bond acceptors (Lipinski definition) is 6. The van der Waals surface area contributed by atoms with E-state index in [0.29, 0.717) is 35.1 Å². The molecule has 12 rings (SSSR count). The van der Waals surface area contributed by atoms with Crippen LogP contribution in [0.1, 0.15) is 0 Å². The van der Waals surface area contributed by atoms with Crippen molar-refractivity contribution in [2.75, 3.05) is 0 Å². The van der Waals surface area contributed by atoms with Gasteiger partial charge in [0.15, 0.2) is 37.2 Å². The first-order valence-corrected chi connectivity index (χ1v) is 24.7. The lowest BCUT2D eigenvalue weighted by Crippen LogP contribution is -2.74. The molecule has 0 aliphatic rings. The third-order valence-electron chi connectivity index (χ3n) is 12.7. The van der Waals surface area contributed by atoms with Gasteiger partial charge in [0.1, 0.15) is 0 Å². The van der Waals surface area contributed by atoms with Crippen molar-refractivity contribution in [1.82, 2.24) is 34.5 Å². The molecule has 0 aliphatic carbocycles. The smallest absolute Gasteiger partial charge is 0.238 e. The Balaban J connectivity index is 1.05. The molecule has 0 spiro atoms. The third-order valence-corrected chi connectivity index (χ3v) is 17.5. The summed E-state index contributed by atoms with van der Waals surface area (Å²) in [5.74, 6) is 3.45. The average molecular weight is 888 g/mol. The largest absolute Gasteiger partial charge is 0.278 e. The van der Waals surface area contributed by atoms with Crippen LogP contribution in [0.3, 0.4) is 0 Å². The summed E-state index contributed by atoms with van der Waals surface area (Å²) in [4.78, 5) is 30.9. The molecular formula is C60H41N7Si. The maximum Gasteiger partial charge on any atom is 0.238 e. The van der Waals surface area contributed by atoms with Crippen molar-refractivity contribution in [3.8, 4) is 62.9 Å². The number of nitrogens with zero attached hydrogens (tertiary/aromatic N) is 7. The van der Waals surface area contributed by atoms with Crippen molar-refractivity contribution < 1.29 is 0 Å². The van der Waals surface area contributed by atoms with Gasteiger partial charge in [-0.1, -0.05) is 237 Å². The molecule has 0 atom stereocenters. The quantitative estimate of drug-likeness (QED) is 0.100. The molecule has 0 saturated carbocycles. The van der Waals surface area contributed by atoms with Gasteiger partial charge in [-0.15, -0.1) is 0 Å². The number of benzene rings is 9. The zero-order valence-corrected chi connectivity index (χ0v) is 37.8. The monoisotopic (exact) mass is 887 g/mol. The van der Waals surface area contributed by atoms with Crippen LogP contribution in [-0.2, 0) is 0 Å². The first kappa shape index (κ1) is 40.5. The van der Waals surface area contributed by atoms with E-state index in [2.05, 4.69) is 168 Å². The molecule has 0 saturated heterocycles. The second kappa shape index (κ2) is 17.4. The van der Waals surface area contributed by atoms with E-state index < -0.39 is 8.07 Å². The predicted molar refractivity (Wildman–Crippen MR) is 278 cm³/mol. The molecule has 8 heteroatoms. The summed E-state index contributed by atoms with van der Waals surface area (Å²) in [5.41, 5.74) is 6.44. The molecule has 0 unspecified atom stereocenters. The second-order valence-electron chi connectivity index (χ2n) is 16.7. The summed E-state index contributed by atoms with van der Waals surface area (Å²) in [5, 5.41) is 7.37. The Morgan fingerprint density at radius 1 is 0.250 bits per heavy atom. The van der Waals surface area contributed by atoms with Crippen molar-refractivity contribution in [2.45, 2.75) is 0 Å². The van der Waals surface area contributed by atoms with E-state index in [1.54, 1.807) is 0 Å². The highest BCUT2D eigenvalue weighted by atomic mass is 28.3. The van der Waals surface area contributed by atoms with Crippen LogP contribution in [0, 0.1) is 0 Å². The first-order chi connectivity index (χ1) is 33.7. The van der Waals surface area contributed by atoms with Gasteiger partial charge in [-0.05, 0) is 32.9 Å². The molecule has 9 aromatic carbocycles. The molecule has 0 N–H and O–H groups in total. The molecule has 68 heavy (non-hydrogen) atoms. The van der Waals surface area contributed by atoms with Crippen LogP contribution in [0.2, 0.25) is 0 Å². The van der Waals surface area contributed by atoms with Gasteiger partial charge in [-0.3, -0.25) is 4.57 Å². The topological polar surface area (TPSA) is 82.3 Å². The fourth-order valence-corrected chi connectivity index (χ4v) is 14.3. The summed E-state index contributed by atoms with van der Waals surface area (Å²) in [6, 6.07) is 86.9. The van der Waals surface area contributed by atoms with Crippen LogP contribution < -0.4 is 20.7 Å². The minimum absolute atomic E-state index is 0.534. The Morgan fingerprint density at radius 2 is 0.559 bits per heavy atom. The molecular weight excluding hydrogens is 847 g/mol. The van der Waals surface area contributed by atoms with Gasteiger partial charge in [-0.25, -0.2) is 19.9 Å². The van der Waals surface area contributed by atoms with Gasteiger partial charge in [0.25, 0.3) is 0 Å². The Hall–Kier alpha value is -8.98. The summed E-state index contributed by atoms with van der Waals surface area (Å²) in [6.07, 6.45) is 0. The zero-order valence-electron chi connectivity index (χ0n) is 36.8. The molecule has 0 amide bonds. The van der Waals surface area contributed by atoms with Gasteiger partial charge in [0, 0.05) is 38.6 Å². The minimum Gasteiger partial charge on any atom is -0.278 e. The SMILES string of the molecule is c1ccc(-c2nc(-c3ccccc3)nc(-c3ccc(-c4nc(-c5cccc([Si](c6ccccc6)(c6ccccc6)c6ccccc6)c5)nc(-n5c6ccccc6c6ccccc65)n4)cc3)n2)cc1. The molecule has 0 radical (unpaired) electrons. The predicted octanol–water partition coefficient (Wildman–Crippen LogP) is 10.9. The number of fused-ring (bicyclic) bond motifs is 3. The third kappa shape index (κ3) is 7.26. The Morgan fingerprint density at radius 3 is 0.985 bits per heavy atom. The van der Waals surface area contributed by atoms with Crippen LogP contribution in [-0.4, -0.2) is 42.5 Å².